The summed E-state index contributed by atoms with van der Waals surface area (Å²) in [4.78, 5) is 0. The molecule has 13 heavy (non-hydrogen) atoms. The molecule has 0 bridgehead atoms. The zero-order valence-electron chi connectivity index (χ0n) is 8.68. The van der Waals surface area contributed by atoms with E-state index in [9.17, 15) is 4.39 Å². The minimum absolute atomic E-state index is 0.231. The fraction of sp³-hybridized carbons (Fsp3) is 0.667. The summed E-state index contributed by atoms with van der Waals surface area (Å²) in [5, 5.41) is 4.07. The van der Waals surface area contributed by atoms with Crippen molar-refractivity contribution in [1.29, 1.82) is 0 Å². The average molecular weight is 186 g/mol. The van der Waals surface area contributed by atoms with Crippen molar-refractivity contribution in [3.8, 4) is 5.75 Å². The molecule has 1 aromatic rings. The molecule has 4 heteroatoms. The zero-order chi connectivity index (χ0) is 10.2. The topological polar surface area (TPSA) is 27.1 Å². The minimum Gasteiger partial charge on any atom is -0.490 e. The van der Waals surface area contributed by atoms with Gasteiger partial charge in [-0.15, -0.1) is 0 Å². The highest BCUT2D eigenvalue weighted by molar-refractivity contribution is 5.25. The maximum Gasteiger partial charge on any atom is 0.254 e. The molecule has 74 valence electrons. The van der Waals surface area contributed by atoms with Gasteiger partial charge in [0, 0.05) is 0 Å². The Labute approximate surface area is 77.5 Å². The first-order chi connectivity index (χ1) is 5.88. The number of hydrogen-bond acceptors (Lipinski definition) is 2. The van der Waals surface area contributed by atoms with Crippen molar-refractivity contribution < 1.29 is 9.13 Å². The predicted molar refractivity (Wildman–Crippen MR) is 48.5 cm³/mol. The molecule has 1 rings (SSSR count). The van der Waals surface area contributed by atoms with Crippen LogP contribution in [0, 0.1) is 12.9 Å². The van der Waals surface area contributed by atoms with Crippen molar-refractivity contribution in [1.82, 2.24) is 9.78 Å². The van der Waals surface area contributed by atoms with E-state index in [1.54, 1.807) is 6.92 Å². The van der Waals surface area contributed by atoms with Gasteiger partial charge >= 0.3 is 0 Å². The minimum atomic E-state index is -0.410. The van der Waals surface area contributed by atoms with Gasteiger partial charge in [0.2, 0.25) is 0 Å². The van der Waals surface area contributed by atoms with E-state index in [2.05, 4.69) is 5.10 Å². The van der Waals surface area contributed by atoms with Crippen molar-refractivity contribution in [3.05, 3.63) is 11.6 Å². The summed E-state index contributed by atoms with van der Waals surface area (Å²) in [6.45, 7) is 7.40. The van der Waals surface area contributed by atoms with E-state index in [0.717, 1.165) is 0 Å². The largest absolute Gasteiger partial charge is 0.490 e. The molecule has 0 aliphatic rings. The number of ether oxygens (including phenoxy) is 1. The van der Waals surface area contributed by atoms with Gasteiger partial charge < -0.3 is 4.74 Å². The monoisotopic (exact) mass is 186 g/mol. The molecule has 0 saturated carbocycles. The molecule has 0 spiro atoms. The van der Waals surface area contributed by atoms with Gasteiger partial charge in [0.05, 0.1) is 12.6 Å². The molecule has 0 aliphatic heterocycles. The van der Waals surface area contributed by atoms with Crippen LogP contribution in [0.2, 0.25) is 0 Å². The highest BCUT2D eigenvalue weighted by Crippen LogP contribution is 2.25. The van der Waals surface area contributed by atoms with Crippen LogP contribution >= 0.6 is 0 Å². The molecule has 1 heterocycles. The van der Waals surface area contributed by atoms with Crippen LogP contribution in [0.4, 0.5) is 4.39 Å². The fourth-order valence-corrected chi connectivity index (χ4v) is 1.16. The molecule has 0 saturated heterocycles. The van der Waals surface area contributed by atoms with Gasteiger partial charge in [-0.3, -0.25) is 0 Å². The maximum absolute atomic E-state index is 13.6. The van der Waals surface area contributed by atoms with Crippen LogP contribution < -0.4 is 4.74 Å². The highest BCUT2D eigenvalue weighted by atomic mass is 19.1. The van der Waals surface area contributed by atoms with Crippen LogP contribution in [0.1, 0.15) is 26.5 Å². The van der Waals surface area contributed by atoms with Crippen LogP contribution in [0.5, 0.6) is 5.75 Å². The van der Waals surface area contributed by atoms with E-state index < -0.39 is 5.95 Å². The van der Waals surface area contributed by atoms with E-state index in [4.69, 9.17) is 4.74 Å². The Hall–Kier alpha value is -1.06. The van der Waals surface area contributed by atoms with Crippen molar-refractivity contribution in [2.75, 3.05) is 7.11 Å². The summed E-state index contributed by atoms with van der Waals surface area (Å²) in [5.41, 5.74) is 0.223. The second-order valence-electron chi connectivity index (χ2n) is 3.99. The summed E-state index contributed by atoms with van der Waals surface area (Å²) in [6, 6.07) is 0. The number of rotatable bonds is 1. The van der Waals surface area contributed by atoms with Crippen LogP contribution in [-0.4, -0.2) is 16.9 Å². The lowest BCUT2D eigenvalue weighted by atomic mass is 10.1. The van der Waals surface area contributed by atoms with Crippen LogP contribution in [0.15, 0.2) is 0 Å². The van der Waals surface area contributed by atoms with Gasteiger partial charge in [0.1, 0.15) is 5.69 Å². The third-order valence-corrected chi connectivity index (χ3v) is 1.79. The van der Waals surface area contributed by atoms with E-state index in [1.807, 2.05) is 20.8 Å². The summed E-state index contributed by atoms with van der Waals surface area (Å²) >= 11 is 0. The van der Waals surface area contributed by atoms with Gasteiger partial charge in [-0.1, -0.05) is 0 Å². The standard InChI is InChI=1S/C9H15FN2O/c1-6-7(13-5)8(10)12(11-6)9(2,3)4/h1-5H3. The van der Waals surface area contributed by atoms with Gasteiger partial charge in [0.15, 0.2) is 5.75 Å². The summed E-state index contributed by atoms with van der Waals surface area (Å²) in [7, 11) is 1.44. The Bertz CT molecular complexity index is 312. The maximum atomic E-state index is 13.6. The van der Waals surface area contributed by atoms with E-state index in [0.29, 0.717) is 5.69 Å². The second-order valence-corrected chi connectivity index (χ2v) is 3.99. The first-order valence-corrected chi connectivity index (χ1v) is 4.17. The summed E-state index contributed by atoms with van der Waals surface area (Å²) < 4.78 is 19.8. The third-order valence-electron chi connectivity index (χ3n) is 1.79. The molecular weight excluding hydrogens is 171 g/mol. The Morgan fingerprint density at radius 1 is 1.38 bits per heavy atom. The molecule has 0 radical (unpaired) electrons. The summed E-state index contributed by atoms with van der Waals surface area (Å²) in [5.74, 6) is -0.178. The van der Waals surface area contributed by atoms with Crippen LogP contribution in [0.3, 0.4) is 0 Å². The first-order valence-electron chi connectivity index (χ1n) is 4.17. The normalized spacial score (nSPS) is 11.8. The molecule has 0 atom stereocenters. The second kappa shape index (κ2) is 3.01. The molecule has 0 aliphatic carbocycles. The Balaban J connectivity index is 3.26. The zero-order valence-corrected chi connectivity index (χ0v) is 8.68. The molecule has 0 fully saturated rings. The molecule has 0 aromatic carbocycles. The lowest BCUT2D eigenvalue weighted by Gasteiger charge is -2.19. The van der Waals surface area contributed by atoms with Gasteiger partial charge in [0.25, 0.3) is 5.95 Å². The van der Waals surface area contributed by atoms with Crippen LogP contribution in [0.25, 0.3) is 0 Å². The number of halogens is 1. The Morgan fingerprint density at radius 2 is 1.92 bits per heavy atom. The predicted octanol–water partition coefficient (Wildman–Crippen LogP) is 2.09. The van der Waals surface area contributed by atoms with Crippen molar-refractivity contribution in [3.63, 3.8) is 0 Å². The Kier molecular flexibility index (Phi) is 2.32. The number of aromatic nitrogens is 2. The average Bonchev–Trinajstić information content (AvgIpc) is 2.25. The Morgan fingerprint density at radius 3 is 2.15 bits per heavy atom. The molecule has 0 unspecified atom stereocenters. The molecule has 1 aromatic heterocycles. The van der Waals surface area contributed by atoms with Crippen molar-refractivity contribution >= 4 is 0 Å². The number of hydrogen-bond donors (Lipinski definition) is 0. The van der Waals surface area contributed by atoms with E-state index in [1.165, 1.54) is 11.8 Å². The highest BCUT2D eigenvalue weighted by Gasteiger charge is 2.23. The van der Waals surface area contributed by atoms with Gasteiger partial charge in [-0.05, 0) is 27.7 Å². The quantitative estimate of drug-likeness (QED) is 0.671. The molecule has 0 N–H and O–H groups in total. The number of aryl methyl sites for hydroxylation is 1. The van der Waals surface area contributed by atoms with E-state index in [-0.39, 0.29) is 11.3 Å². The number of nitrogens with zero attached hydrogens (tertiary/aromatic N) is 2. The first kappa shape index (κ1) is 10.0. The molecule has 0 amide bonds. The summed E-state index contributed by atoms with van der Waals surface area (Å²) in [6.07, 6.45) is 0. The SMILES string of the molecule is COc1c(C)nn(C(C)(C)C)c1F. The van der Waals surface area contributed by atoms with Crippen molar-refractivity contribution in [2.45, 2.75) is 33.2 Å². The van der Waals surface area contributed by atoms with Gasteiger partial charge in [-0.2, -0.15) is 9.49 Å². The number of methoxy groups -OCH3 is 1. The third kappa shape index (κ3) is 1.66. The lowest BCUT2D eigenvalue weighted by molar-refractivity contribution is 0.285. The smallest absolute Gasteiger partial charge is 0.254 e. The molecular formula is C9H15FN2O. The lowest BCUT2D eigenvalue weighted by Crippen LogP contribution is -2.24. The molecule has 3 nitrogen and oxygen atoms in total. The van der Waals surface area contributed by atoms with Crippen LogP contribution in [-0.2, 0) is 5.54 Å². The van der Waals surface area contributed by atoms with Crippen molar-refractivity contribution in [2.24, 2.45) is 0 Å². The van der Waals surface area contributed by atoms with E-state index >= 15 is 0 Å². The van der Waals surface area contributed by atoms with Gasteiger partial charge in [-0.25, -0.2) is 4.68 Å². The fourth-order valence-electron chi connectivity index (χ4n) is 1.16.